The molecule has 0 saturated heterocycles. The van der Waals surface area contributed by atoms with Crippen LogP contribution in [0.25, 0.3) is 11.1 Å². The Bertz CT molecular complexity index is 673. The van der Waals surface area contributed by atoms with Gasteiger partial charge in [-0.25, -0.2) is 0 Å². The van der Waals surface area contributed by atoms with E-state index in [9.17, 15) is 0 Å². The minimum Gasteiger partial charge on any atom is -0.399 e. The summed E-state index contributed by atoms with van der Waals surface area (Å²) in [5.74, 6) is 0. The van der Waals surface area contributed by atoms with Gasteiger partial charge in [0.15, 0.2) is 0 Å². The fraction of sp³-hybridized carbons (Fsp3) is 0.0667. The second kappa shape index (κ2) is 4.94. The average Bonchev–Trinajstić information content (AvgIpc) is 2.88. The largest absolute Gasteiger partial charge is 0.399 e. The summed E-state index contributed by atoms with van der Waals surface area (Å²) in [7, 11) is 0. The highest BCUT2D eigenvalue weighted by Gasteiger charge is 2.02. The van der Waals surface area contributed by atoms with Crippen LogP contribution in [0.5, 0.6) is 0 Å². The summed E-state index contributed by atoms with van der Waals surface area (Å²) in [6, 6.07) is 11.8. The smallest absolute Gasteiger partial charge is 0.0674 e. The summed E-state index contributed by atoms with van der Waals surface area (Å²) in [5, 5.41) is 4.37. The molecule has 0 aliphatic heterocycles. The van der Waals surface area contributed by atoms with Crippen LogP contribution < -0.4 is 5.73 Å². The average molecular weight is 250 g/mol. The molecule has 2 aromatic heterocycles. The first-order chi connectivity index (χ1) is 9.31. The summed E-state index contributed by atoms with van der Waals surface area (Å²) in [4.78, 5) is 4.10. The van der Waals surface area contributed by atoms with E-state index < -0.39 is 0 Å². The Morgan fingerprint density at radius 3 is 2.79 bits per heavy atom. The standard InChI is InChI=1S/C15H14N4/c16-15-5-1-4-13(7-15)14-9-18-19(11-14)10-12-3-2-6-17-8-12/h1-9,11H,10,16H2. The number of rotatable bonds is 3. The summed E-state index contributed by atoms with van der Waals surface area (Å²) in [6.45, 7) is 0.718. The van der Waals surface area contributed by atoms with E-state index in [0.29, 0.717) is 0 Å². The van der Waals surface area contributed by atoms with Crippen molar-refractivity contribution in [3.63, 3.8) is 0 Å². The van der Waals surface area contributed by atoms with Gasteiger partial charge in [0.25, 0.3) is 0 Å². The molecular weight excluding hydrogens is 236 g/mol. The van der Waals surface area contributed by atoms with E-state index in [2.05, 4.69) is 10.1 Å². The lowest BCUT2D eigenvalue weighted by atomic mass is 10.1. The monoisotopic (exact) mass is 250 g/mol. The first-order valence-corrected chi connectivity index (χ1v) is 6.08. The maximum atomic E-state index is 5.79. The Kier molecular flexibility index (Phi) is 2.98. The number of nitrogens with zero attached hydrogens (tertiary/aromatic N) is 3. The zero-order chi connectivity index (χ0) is 13.1. The minimum absolute atomic E-state index is 0.718. The number of hydrogen-bond acceptors (Lipinski definition) is 3. The van der Waals surface area contributed by atoms with Crippen molar-refractivity contribution in [2.24, 2.45) is 0 Å². The van der Waals surface area contributed by atoms with Gasteiger partial charge < -0.3 is 5.73 Å². The van der Waals surface area contributed by atoms with Crippen LogP contribution in [0.15, 0.2) is 61.2 Å². The van der Waals surface area contributed by atoms with Crippen LogP contribution in [0.2, 0.25) is 0 Å². The second-order valence-electron chi connectivity index (χ2n) is 4.41. The molecule has 0 bridgehead atoms. The van der Waals surface area contributed by atoms with Crippen molar-refractivity contribution in [3.05, 3.63) is 66.7 Å². The van der Waals surface area contributed by atoms with Crippen molar-refractivity contribution in [2.75, 3.05) is 5.73 Å². The molecule has 1 aromatic carbocycles. The summed E-state index contributed by atoms with van der Waals surface area (Å²) in [5.41, 5.74) is 9.83. The second-order valence-corrected chi connectivity index (χ2v) is 4.41. The Morgan fingerprint density at radius 2 is 2.00 bits per heavy atom. The molecule has 0 aliphatic carbocycles. The molecule has 0 saturated carbocycles. The van der Waals surface area contributed by atoms with E-state index in [1.54, 1.807) is 6.20 Å². The number of pyridine rings is 1. The van der Waals surface area contributed by atoms with Gasteiger partial charge in [0, 0.05) is 29.8 Å². The van der Waals surface area contributed by atoms with Crippen LogP contribution in [0.4, 0.5) is 5.69 Å². The van der Waals surface area contributed by atoms with Crippen molar-refractivity contribution < 1.29 is 0 Å². The van der Waals surface area contributed by atoms with Gasteiger partial charge in [0.2, 0.25) is 0 Å². The molecule has 0 fully saturated rings. The molecule has 0 amide bonds. The molecule has 2 N–H and O–H groups in total. The first kappa shape index (κ1) is 11.5. The van der Waals surface area contributed by atoms with Crippen LogP contribution in [0.1, 0.15) is 5.56 Å². The summed E-state index contributed by atoms with van der Waals surface area (Å²) < 4.78 is 1.90. The fourth-order valence-corrected chi connectivity index (χ4v) is 2.00. The lowest BCUT2D eigenvalue weighted by Gasteiger charge is -2.01. The molecule has 4 nitrogen and oxygen atoms in total. The lowest BCUT2D eigenvalue weighted by Crippen LogP contribution is -1.99. The molecule has 0 aliphatic rings. The van der Waals surface area contributed by atoms with Gasteiger partial charge in [-0.15, -0.1) is 0 Å². The highest BCUT2D eigenvalue weighted by Crippen LogP contribution is 2.20. The predicted octanol–water partition coefficient (Wildman–Crippen LogP) is 2.58. The van der Waals surface area contributed by atoms with E-state index in [0.717, 1.165) is 28.9 Å². The summed E-state index contributed by atoms with van der Waals surface area (Å²) >= 11 is 0. The van der Waals surface area contributed by atoms with Crippen molar-refractivity contribution in [1.29, 1.82) is 0 Å². The SMILES string of the molecule is Nc1cccc(-c2cnn(Cc3cccnc3)c2)c1. The molecule has 2 heterocycles. The molecule has 0 radical (unpaired) electrons. The minimum atomic E-state index is 0.718. The number of nitrogens with two attached hydrogens (primary N) is 1. The number of hydrogen-bond donors (Lipinski definition) is 1. The number of nitrogen functional groups attached to an aromatic ring is 1. The summed E-state index contributed by atoms with van der Waals surface area (Å²) in [6.07, 6.45) is 7.49. The Balaban J connectivity index is 1.84. The van der Waals surface area contributed by atoms with Gasteiger partial charge in [0.1, 0.15) is 0 Å². The molecule has 0 unspecified atom stereocenters. The highest BCUT2D eigenvalue weighted by atomic mass is 15.3. The van der Waals surface area contributed by atoms with Crippen molar-refractivity contribution in [2.45, 2.75) is 6.54 Å². The topological polar surface area (TPSA) is 56.7 Å². The normalized spacial score (nSPS) is 10.5. The van der Waals surface area contributed by atoms with Gasteiger partial charge in [-0.2, -0.15) is 5.10 Å². The zero-order valence-corrected chi connectivity index (χ0v) is 10.4. The van der Waals surface area contributed by atoms with Crippen LogP contribution in [-0.2, 0) is 6.54 Å². The lowest BCUT2D eigenvalue weighted by molar-refractivity contribution is 0.685. The van der Waals surface area contributed by atoms with E-state index >= 15 is 0 Å². The van der Waals surface area contributed by atoms with E-state index in [1.807, 2.05) is 59.7 Å². The molecule has 4 heteroatoms. The third kappa shape index (κ3) is 2.63. The van der Waals surface area contributed by atoms with Crippen molar-refractivity contribution in [3.8, 4) is 11.1 Å². The third-order valence-electron chi connectivity index (χ3n) is 2.92. The zero-order valence-electron chi connectivity index (χ0n) is 10.4. The number of benzene rings is 1. The Morgan fingerprint density at radius 1 is 1.05 bits per heavy atom. The Hall–Kier alpha value is -2.62. The molecule has 3 rings (SSSR count). The van der Waals surface area contributed by atoms with Crippen molar-refractivity contribution >= 4 is 5.69 Å². The molecule has 19 heavy (non-hydrogen) atoms. The molecule has 94 valence electrons. The highest BCUT2D eigenvalue weighted by molar-refractivity contribution is 5.65. The van der Waals surface area contributed by atoms with E-state index in [-0.39, 0.29) is 0 Å². The maximum absolute atomic E-state index is 5.79. The van der Waals surface area contributed by atoms with Gasteiger partial charge in [-0.05, 0) is 29.3 Å². The van der Waals surface area contributed by atoms with Crippen LogP contribution in [0, 0.1) is 0 Å². The van der Waals surface area contributed by atoms with Crippen LogP contribution in [0.3, 0.4) is 0 Å². The van der Waals surface area contributed by atoms with Gasteiger partial charge in [0.05, 0.1) is 12.7 Å². The van der Waals surface area contributed by atoms with Gasteiger partial charge in [-0.3, -0.25) is 9.67 Å². The molecular formula is C15H14N4. The first-order valence-electron chi connectivity index (χ1n) is 6.08. The molecule has 0 atom stereocenters. The fourth-order valence-electron chi connectivity index (χ4n) is 2.00. The van der Waals surface area contributed by atoms with Crippen molar-refractivity contribution in [1.82, 2.24) is 14.8 Å². The molecule has 0 spiro atoms. The third-order valence-corrected chi connectivity index (χ3v) is 2.92. The Labute approximate surface area is 111 Å². The number of aromatic nitrogens is 3. The predicted molar refractivity (Wildman–Crippen MR) is 75.4 cm³/mol. The van der Waals surface area contributed by atoms with Gasteiger partial charge >= 0.3 is 0 Å². The van der Waals surface area contributed by atoms with Crippen LogP contribution >= 0.6 is 0 Å². The van der Waals surface area contributed by atoms with Gasteiger partial charge in [-0.1, -0.05) is 18.2 Å². The van der Waals surface area contributed by atoms with Crippen LogP contribution in [-0.4, -0.2) is 14.8 Å². The number of anilines is 1. The molecule has 3 aromatic rings. The maximum Gasteiger partial charge on any atom is 0.0674 e. The quantitative estimate of drug-likeness (QED) is 0.727. The van der Waals surface area contributed by atoms with E-state index in [1.165, 1.54) is 0 Å². The van der Waals surface area contributed by atoms with E-state index in [4.69, 9.17) is 5.73 Å².